The molecule has 7 N–H and O–H groups in total. The fourth-order valence-electron chi connectivity index (χ4n) is 0.662. The highest BCUT2D eigenvalue weighted by atomic mass is 16.6. The summed E-state index contributed by atoms with van der Waals surface area (Å²) in [4.78, 5) is 20.8. The van der Waals surface area contributed by atoms with Crippen molar-refractivity contribution in [3.63, 3.8) is 0 Å². The van der Waals surface area contributed by atoms with Crippen molar-refractivity contribution >= 4 is 17.9 Å². The van der Waals surface area contributed by atoms with Crippen molar-refractivity contribution in [2.45, 2.75) is 12.8 Å². The molecule has 0 aromatic rings. The Balaban J connectivity index is 0. The number of hydrogen-bond acceptors (Lipinski definition) is 6. The summed E-state index contributed by atoms with van der Waals surface area (Å²) in [6.45, 7) is 0.414. The highest BCUT2D eigenvalue weighted by Gasteiger charge is 2.05. The van der Waals surface area contributed by atoms with Gasteiger partial charge in [-0.2, -0.15) is 0 Å². The Morgan fingerprint density at radius 1 is 1.11 bits per heavy atom. The largest absolute Gasteiger partial charge is 0.481 e. The van der Waals surface area contributed by atoms with Crippen LogP contribution in [-0.4, -0.2) is 54.5 Å². The maximum atomic E-state index is 10.8. The zero-order valence-corrected chi connectivity index (χ0v) is 9.92. The van der Waals surface area contributed by atoms with E-state index in [-0.39, 0.29) is 45.2 Å². The highest BCUT2D eigenvalue weighted by molar-refractivity contribution is 5.76. The Morgan fingerprint density at radius 3 is 2.11 bits per heavy atom. The molecule has 0 unspecified atom stereocenters. The number of nitrogens with one attached hydrogen (secondary N) is 1. The van der Waals surface area contributed by atoms with Gasteiger partial charge in [0.15, 0.2) is 5.96 Å². The maximum absolute atomic E-state index is 10.8. The minimum Gasteiger partial charge on any atom is -0.481 e. The van der Waals surface area contributed by atoms with E-state index >= 15 is 0 Å². The number of nitrogens with two attached hydrogens (primary N) is 2. The summed E-state index contributed by atoms with van der Waals surface area (Å²) in [5.41, 5.74) is 8.94. The molecule has 0 aliphatic heterocycles. The lowest BCUT2D eigenvalue weighted by atomic mass is 10.3. The molecule has 0 atom stereocenters. The van der Waals surface area contributed by atoms with Gasteiger partial charge in [-0.15, -0.1) is 0 Å². The van der Waals surface area contributed by atoms with Crippen LogP contribution in [0.5, 0.6) is 0 Å². The lowest BCUT2D eigenvalue weighted by Crippen LogP contribution is -2.20. The number of carbonyl (C=O) groups is 2. The number of carbonyl (C=O) groups excluding carboxylic acids is 1. The Labute approximate surface area is 104 Å². The third-order valence-corrected chi connectivity index (χ3v) is 1.27. The molecule has 9 nitrogen and oxygen atoms in total. The summed E-state index contributed by atoms with van der Waals surface area (Å²) in [5, 5.41) is 22.6. The molecule has 0 spiro atoms. The van der Waals surface area contributed by atoms with E-state index in [1.54, 1.807) is 0 Å². The molecule has 0 bridgehead atoms. The van der Waals surface area contributed by atoms with Crippen LogP contribution in [0.25, 0.3) is 0 Å². The van der Waals surface area contributed by atoms with Gasteiger partial charge in [-0.05, 0) is 0 Å². The second kappa shape index (κ2) is 13.2. The van der Waals surface area contributed by atoms with Gasteiger partial charge in [0.2, 0.25) is 0 Å². The highest BCUT2D eigenvalue weighted by Crippen LogP contribution is 1.92. The van der Waals surface area contributed by atoms with E-state index in [1.165, 1.54) is 0 Å². The molecular formula is C9H19N3O6. The Kier molecular flexibility index (Phi) is 13.6. The van der Waals surface area contributed by atoms with Crippen molar-refractivity contribution < 1.29 is 29.3 Å². The number of guanidine groups is 1. The molecule has 18 heavy (non-hydrogen) atoms. The molecule has 0 fully saturated rings. The zero-order chi connectivity index (χ0) is 14.4. The van der Waals surface area contributed by atoms with Gasteiger partial charge in [0.25, 0.3) is 0 Å². The first-order valence-corrected chi connectivity index (χ1v) is 5.05. The fourth-order valence-corrected chi connectivity index (χ4v) is 0.662. The van der Waals surface area contributed by atoms with Crippen molar-refractivity contribution in [2.75, 3.05) is 26.4 Å². The second-order valence-corrected chi connectivity index (χ2v) is 2.91. The summed E-state index contributed by atoms with van der Waals surface area (Å²) >= 11 is 0. The van der Waals surface area contributed by atoms with E-state index in [2.05, 4.69) is 16.2 Å². The SMILES string of the molecule is N=C(N)N.O=C(O)CCC(=O)OCCOCCO. The average molecular weight is 265 g/mol. The lowest BCUT2D eigenvalue weighted by Gasteiger charge is -2.03. The smallest absolute Gasteiger partial charge is 0.306 e. The topological polar surface area (TPSA) is 169 Å². The lowest BCUT2D eigenvalue weighted by molar-refractivity contribution is -0.148. The van der Waals surface area contributed by atoms with E-state index in [1.807, 2.05) is 0 Å². The molecule has 0 saturated heterocycles. The summed E-state index contributed by atoms with van der Waals surface area (Å²) in [7, 11) is 0. The summed E-state index contributed by atoms with van der Waals surface area (Å²) in [6.07, 6.45) is -0.355. The number of aliphatic carboxylic acids is 1. The van der Waals surface area contributed by atoms with Gasteiger partial charge in [-0.3, -0.25) is 15.0 Å². The summed E-state index contributed by atoms with van der Waals surface area (Å²) in [6, 6.07) is 0. The van der Waals surface area contributed by atoms with Gasteiger partial charge in [-0.1, -0.05) is 0 Å². The monoisotopic (exact) mass is 265 g/mol. The van der Waals surface area contributed by atoms with Crippen LogP contribution in [0.15, 0.2) is 0 Å². The third kappa shape index (κ3) is 23.7. The molecular weight excluding hydrogens is 246 g/mol. The average Bonchev–Trinajstić information content (AvgIpc) is 2.25. The standard InChI is InChI=1S/C8H14O6.CH5N3/c9-3-4-13-5-6-14-8(12)2-1-7(10)11;2-1(3)4/h9H,1-6H2,(H,10,11);(H5,2,3,4). The van der Waals surface area contributed by atoms with Gasteiger partial charge in [-0.25, -0.2) is 0 Å². The number of esters is 1. The van der Waals surface area contributed by atoms with Crippen LogP contribution in [-0.2, 0) is 19.1 Å². The molecule has 0 heterocycles. The molecule has 0 aliphatic rings. The Hall–Kier alpha value is -1.87. The molecule has 0 radical (unpaired) electrons. The number of aliphatic hydroxyl groups excluding tert-OH is 1. The number of carboxylic acid groups (broad SMARTS) is 1. The third-order valence-electron chi connectivity index (χ3n) is 1.27. The fraction of sp³-hybridized carbons (Fsp3) is 0.667. The quantitative estimate of drug-likeness (QED) is 0.149. The minimum atomic E-state index is -1.03. The summed E-state index contributed by atoms with van der Waals surface area (Å²) < 4.78 is 9.45. The Morgan fingerprint density at radius 2 is 1.67 bits per heavy atom. The maximum Gasteiger partial charge on any atom is 0.306 e. The zero-order valence-electron chi connectivity index (χ0n) is 9.92. The molecule has 0 aliphatic carbocycles. The van der Waals surface area contributed by atoms with Gasteiger partial charge in [0.05, 0.1) is 32.7 Å². The van der Waals surface area contributed by atoms with Crippen LogP contribution in [0.2, 0.25) is 0 Å². The summed E-state index contributed by atoms with van der Waals surface area (Å²) in [5.74, 6) is -1.92. The van der Waals surface area contributed by atoms with Crippen molar-refractivity contribution in [2.24, 2.45) is 11.5 Å². The Bertz CT molecular complexity index is 255. The molecule has 0 amide bonds. The first-order valence-electron chi connectivity index (χ1n) is 5.05. The van der Waals surface area contributed by atoms with Gasteiger partial charge in [0.1, 0.15) is 6.61 Å². The van der Waals surface area contributed by atoms with Gasteiger partial charge >= 0.3 is 11.9 Å². The second-order valence-electron chi connectivity index (χ2n) is 2.91. The van der Waals surface area contributed by atoms with Crippen LogP contribution in [0.3, 0.4) is 0 Å². The van der Waals surface area contributed by atoms with E-state index in [0.717, 1.165) is 0 Å². The van der Waals surface area contributed by atoms with Crippen molar-refractivity contribution in [1.29, 1.82) is 5.41 Å². The van der Waals surface area contributed by atoms with Crippen LogP contribution in [0.1, 0.15) is 12.8 Å². The van der Waals surface area contributed by atoms with E-state index < -0.39 is 11.9 Å². The van der Waals surface area contributed by atoms with E-state index in [9.17, 15) is 9.59 Å². The molecule has 9 heteroatoms. The van der Waals surface area contributed by atoms with Crippen molar-refractivity contribution in [3.8, 4) is 0 Å². The van der Waals surface area contributed by atoms with Gasteiger partial charge < -0.3 is 31.2 Å². The van der Waals surface area contributed by atoms with Gasteiger partial charge in [0, 0.05) is 0 Å². The molecule has 0 saturated carbocycles. The van der Waals surface area contributed by atoms with Crippen LogP contribution in [0.4, 0.5) is 0 Å². The normalized spacial score (nSPS) is 8.94. The predicted octanol–water partition coefficient (Wildman–Crippen LogP) is -1.76. The predicted molar refractivity (Wildman–Crippen MR) is 61.8 cm³/mol. The number of aliphatic hydroxyl groups is 1. The first kappa shape index (κ1) is 18.5. The number of carboxylic acids is 1. The molecule has 106 valence electrons. The van der Waals surface area contributed by atoms with Crippen LogP contribution in [0, 0.1) is 5.41 Å². The molecule has 0 aromatic carbocycles. The molecule has 0 aromatic heterocycles. The van der Waals surface area contributed by atoms with Crippen molar-refractivity contribution in [3.05, 3.63) is 0 Å². The number of ether oxygens (including phenoxy) is 2. The van der Waals surface area contributed by atoms with E-state index in [0.29, 0.717) is 0 Å². The number of rotatable bonds is 8. The van der Waals surface area contributed by atoms with Crippen LogP contribution < -0.4 is 11.5 Å². The van der Waals surface area contributed by atoms with E-state index in [4.69, 9.17) is 20.4 Å². The molecule has 0 rings (SSSR count). The minimum absolute atomic E-state index is 0.0764. The first-order chi connectivity index (χ1) is 8.40. The van der Waals surface area contributed by atoms with Crippen LogP contribution >= 0.6 is 0 Å². The number of hydrogen-bond donors (Lipinski definition) is 5. The van der Waals surface area contributed by atoms with Crippen molar-refractivity contribution in [1.82, 2.24) is 0 Å².